The molecule has 0 bridgehead atoms. The van der Waals surface area contributed by atoms with Crippen molar-refractivity contribution >= 4 is 34.6 Å². The number of aliphatic hydroxyl groups is 1. The second-order valence-corrected chi connectivity index (χ2v) is 8.30. The van der Waals surface area contributed by atoms with Gasteiger partial charge in [-0.3, -0.25) is 4.79 Å². The number of carbonyl (C=O) groups is 1. The molecular formula is C20H26ClN3O3. The molecule has 2 heterocycles. The first-order valence-corrected chi connectivity index (χ1v) is 10.2. The van der Waals surface area contributed by atoms with Crippen LogP contribution in [-0.2, 0) is 4.79 Å². The van der Waals surface area contributed by atoms with Crippen molar-refractivity contribution < 1.29 is 14.3 Å². The fourth-order valence-electron chi connectivity index (χ4n) is 4.23. The van der Waals surface area contributed by atoms with Crippen LogP contribution in [0.25, 0.3) is 11.1 Å². The molecule has 1 saturated heterocycles. The van der Waals surface area contributed by atoms with E-state index in [4.69, 9.17) is 16.0 Å². The normalized spacial score (nSPS) is 22.3. The molecule has 0 radical (unpaired) electrons. The lowest BCUT2D eigenvalue weighted by molar-refractivity contribution is -0.125. The number of rotatable bonds is 5. The Morgan fingerprint density at radius 1 is 1.37 bits per heavy atom. The zero-order chi connectivity index (χ0) is 18.9. The maximum Gasteiger partial charge on any atom is 0.298 e. The topological polar surface area (TPSA) is 78.6 Å². The van der Waals surface area contributed by atoms with E-state index in [1.165, 1.54) is 0 Å². The summed E-state index contributed by atoms with van der Waals surface area (Å²) >= 11 is 6.02. The van der Waals surface area contributed by atoms with Crippen LogP contribution in [0.3, 0.4) is 0 Å². The summed E-state index contributed by atoms with van der Waals surface area (Å²) in [4.78, 5) is 19.1. The summed E-state index contributed by atoms with van der Waals surface area (Å²) in [6.07, 6.45) is 6.28. The number of piperidine rings is 1. The fraction of sp³-hybridized carbons (Fsp3) is 0.600. The Hall–Kier alpha value is -1.79. The van der Waals surface area contributed by atoms with Gasteiger partial charge in [-0.1, -0.05) is 24.4 Å². The monoisotopic (exact) mass is 391 g/mol. The van der Waals surface area contributed by atoms with Gasteiger partial charge in [0.25, 0.3) is 6.01 Å². The number of nitrogens with zero attached hydrogens (tertiary/aromatic N) is 2. The number of amides is 1. The number of oxazole rings is 1. The second-order valence-electron chi connectivity index (χ2n) is 7.87. The third kappa shape index (κ3) is 4.22. The molecule has 27 heavy (non-hydrogen) atoms. The van der Waals surface area contributed by atoms with Crippen molar-refractivity contribution in [1.82, 2.24) is 10.3 Å². The van der Waals surface area contributed by atoms with E-state index in [-0.39, 0.29) is 11.8 Å². The molecule has 2 aromatic rings. The van der Waals surface area contributed by atoms with E-state index >= 15 is 0 Å². The molecule has 1 aliphatic carbocycles. The van der Waals surface area contributed by atoms with Gasteiger partial charge >= 0.3 is 0 Å². The van der Waals surface area contributed by atoms with Gasteiger partial charge in [0.1, 0.15) is 5.52 Å². The molecule has 2 N–H and O–H groups in total. The van der Waals surface area contributed by atoms with Crippen LogP contribution in [0.4, 0.5) is 6.01 Å². The van der Waals surface area contributed by atoms with Gasteiger partial charge < -0.3 is 19.7 Å². The summed E-state index contributed by atoms with van der Waals surface area (Å²) in [6.45, 7) is 1.95. The van der Waals surface area contributed by atoms with Gasteiger partial charge in [-0.2, -0.15) is 4.98 Å². The summed E-state index contributed by atoms with van der Waals surface area (Å²) in [6, 6.07) is 5.93. The molecule has 0 spiro atoms. The first-order valence-electron chi connectivity index (χ1n) is 9.84. The van der Waals surface area contributed by atoms with E-state index in [9.17, 15) is 9.90 Å². The molecule has 2 fully saturated rings. The van der Waals surface area contributed by atoms with Crippen molar-refractivity contribution in [2.45, 2.75) is 50.5 Å². The minimum absolute atomic E-state index is 0.0560. The van der Waals surface area contributed by atoms with E-state index in [0.29, 0.717) is 36.1 Å². The summed E-state index contributed by atoms with van der Waals surface area (Å²) in [7, 11) is 0. The molecule has 4 rings (SSSR count). The maximum absolute atomic E-state index is 12.6. The number of hydrogen-bond acceptors (Lipinski definition) is 5. The van der Waals surface area contributed by atoms with E-state index in [1.54, 1.807) is 12.1 Å². The molecule has 1 aromatic carbocycles. The minimum atomic E-state index is -0.578. The molecule has 146 valence electrons. The van der Waals surface area contributed by atoms with E-state index in [2.05, 4.69) is 10.3 Å². The smallest absolute Gasteiger partial charge is 0.298 e. The minimum Gasteiger partial charge on any atom is -0.423 e. The van der Waals surface area contributed by atoms with Crippen LogP contribution in [0.2, 0.25) is 5.02 Å². The zero-order valence-electron chi connectivity index (χ0n) is 15.4. The van der Waals surface area contributed by atoms with Crippen molar-refractivity contribution in [3.63, 3.8) is 0 Å². The van der Waals surface area contributed by atoms with Gasteiger partial charge in [-0.05, 0) is 50.3 Å². The van der Waals surface area contributed by atoms with Gasteiger partial charge in [0.2, 0.25) is 5.91 Å². The van der Waals surface area contributed by atoms with Crippen molar-refractivity contribution in [3.8, 4) is 0 Å². The first kappa shape index (κ1) is 18.6. The first-order chi connectivity index (χ1) is 13.0. The van der Waals surface area contributed by atoms with Gasteiger partial charge in [-0.25, -0.2) is 0 Å². The number of nitrogens with one attached hydrogen (secondary N) is 1. The van der Waals surface area contributed by atoms with E-state index in [0.717, 1.165) is 50.6 Å². The molecule has 1 aromatic heterocycles. The lowest BCUT2D eigenvalue weighted by Gasteiger charge is -2.31. The van der Waals surface area contributed by atoms with Crippen molar-refractivity contribution in [3.05, 3.63) is 23.2 Å². The lowest BCUT2D eigenvalue weighted by atomic mass is 9.96. The molecule has 6 nitrogen and oxygen atoms in total. The summed E-state index contributed by atoms with van der Waals surface area (Å²) in [5, 5.41) is 14.0. The standard InChI is InChI=1S/C20H26ClN3O3/c21-15-5-6-17-16(12-15)23-19(27-17)24-11-3-4-14(13-24)18(25)22-10-9-20(26)7-1-2-8-20/h5-6,12,14,26H,1-4,7-11,13H2,(H,22,25). The predicted octanol–water partition coefficient (Wildman–Crippen LogP) is 3.51. The Balaban J connectivity index is 1.34. The Morgan fingerprint density at radius 2 is 2.19 bits per heavy atom. The maximum atomic E-state index is 12.6. The molecule has 1 amide bonds. The van der Waals surface area contributed by atoms with Crippen LogP contribution in [0.15, 0.2) is 22.6 Å². The van der Waals surface area contributed by atoms with Gasteiger partial charge in [0.05, 0.1) is 11.5 Å². The highest BCUT2D eigenvalue weighted by Gasteiger charge is 2.32. The number of carbonyl (C=O) groups excluding carboxylic acids is 1. The molecular weight excluding hydrogens is 366 g/mol. The zero-order valence-corrected chi connectivity index (χ0v) is 16.2. The summed E-state index contributed by atoms with van der Waals surface area (Å²) in [5.74, 6) is -0.0315. The predicted molar refractivity (Wildman–Crippen MR) is 105 cm³/mol. The Bertz CT molecular complexity index is 816. The number of aromatic nitrogens is 1. The summed E-state index contributed by atoms with van der Waals surface area (Å²) in [5.41, 5.74) is 0.852. The average molecular weight is 392 g/mol. The molecule has 1 saturated carbocycles. The molecule has 2 aliphatic rings. The second kappa shape index (κ2) is 7.68. The summed E-state index contributed by atoms with van der Waals surface area (Å²) < 4.78 is 5.84. The highest BCUT2D eigenvalue weighted by molar-refractivity contribution is 6.31. The van der Waals surface area contributed by atoms with Crippen LogP contribution < -0.4 is 10.2 Å². The SMILES string of the molecule is O=C(NCCC1(O)CCCC1)C1CCCN(c2nc3cc(Cl)ccc3o2)C1. The fourth-order valence-corrected chi connectivity index (χ4v) is 4.40. The number of hydrogen-bond donors (Lipinski definition) is 2. The third-order valence-corrected chi connectivity index (χ3v) is 6.06. The Morgan fingerprint density at radius 3 is 3.00 bits per heavy atom. The van der Waals surface area contributed by atoms with Crippen LogP contribution >= 0.6 is 11.6 Å². The van der Waals surface area contributed by atoms with Gasteiger partial charge in [-0.15, -0.1) is 0 Å². The quantitative estimate of drug-likeness (QED) is 0.815. The Kier molecular flexibility index (Phi) is 5.28. The number of anilines is 1. The molecule has 7 heteroatoms. The molecule has 1 atom stereocenters. The van der Waals surface area contributed by atoms with Gasteiger partial charge in [0.15, 0.2) is 5.58 Å². The number of halogens is 1. The van der Waals surface area contributed by atoms with Crippen LogP contribution in [0, 0.1) is 5.92 Å². The number of fused-ring (bicyclic) bond motifs is 1. The van der Waals surface area contributed by atoms with Crippen molar-refractivity contribution in [2.75, 3.05) is 24.5 Å². The highest BCUT2D eigenvalue weighted by Crippen LogP contribution is 2.32. The third-order valence-electron chi connectivity index (χ3n) is 5.82. The van der Waals surface area contributed by atoms with Crippen molar-refractivity contribution in [2.24, 2.45) is 5.92 Å². The van der Waals surface area contributed by atoms with Crippen molar-refractivity contribution in [1.29, 1.82) is 0 Å². The van der Waals surface area contributed by atoms with E-state index < -0.39 is 5.60 Å². The lowest BCUT2D eigenvalue weighted by Crippen LogP contribution is -2.44. The highest BCUT2D eigenvalue weighted by atomic mass is 35.5. The Labute approximate surface area is 163 Å². The van der Waals surface area contributed by atoms with Crippen LogP contribution in [0.1, 0.15) is 44.9 Å². The molecule has 1 aliphatic heterocycles. The molecule has 1 unspecified atom stereocenters. The van der Waals surface area contributed by atoms with Crippen LogP contribution in [-0.4, -0.2) is 41.2 Å². The van der Waals surface area contributed by atoms with Gasteiger partial charge in [0, 0.05) is 24.7 Å². The number of benzene rings is 1. The van der Waals surface area contributed by atoms with Crippen LogP contribution in [0.5, 0.6) is 0 Å². The average Bonchev–Trinajstić information content (AvgIpc) is 3.28. The largest absolute Gasteiger partial charge is 0.423 e. The van der Waals surface area contributed by atoms with E-state index in [1.807, 2.05) is 11.0 Å².